The van der Waals surface area contributed by atoms with Gasteiger partial charge in [-0.25, -0.2) is 9.59 Å². The van der Waals surface area contributed by atoms with Crippen LogP contribution in [0.4, 0.5) is 4.79 Å². The van der Waals surface area contributed by atoms with Crippen LogP contribution in [0.25, 0.3) is 0 Å². The van der Waals surface area contributed by atoms with Gasteiger partial charge < -0.3 is 15.7 Å². The van der Waals surface area contributed by atoms with Crippen molar-refractivity contribution in [1.29, 1.82) is 0 Å². The van der Waals surface area contributed by atoms with E-state index in [0.29, 0.717) is 4.88 Å². The van der Waals surface area contributed by atoms with Gasteiger partial charge in [-0.3, -0.25) is 5.10 Å². The Morgan fingerprint density at radius 1 is 1.45 bits per heavy atom. The Morgan fingerprint density at radius 3 is 2.80 bits per heavy atom. The molecule has 20 heavy (non-hydrogen) atoms. The first-order chi connectivity index (χ1) is 9.58. The number of hydrogen-bond donors (Lipinski definition) is 4. The molecule has 0 radical (unpaired) electrons. The summed E-state index contributed by atoms with van der Waals surface area (Å²) in [6.07, 6.45) is 3.26. The smallest absolute Gasteiger partial charge is 0.331 e. The van der Waals surface area contributed by atoms with Gasteiger partial charge in [-0.05, 0) is 18.4 Å². The molecule has 0 bridgehead atoms. The number of rotatable bonds is 5. The van der Waals surface area contributed by atoms with E-state index in [0.717, 1.165) is 5.56 Å². The molecular weight excluding hydrogens is 280 g/mol. The van der Waals surface area contributed by atoms with Crippen LogP contribution in [0, 0.1) is 0 Å². The third-order valence-electron chi connectivity index (χ3n) is 2.72. The van der Waals surface area contributed by atoms with E-state index in [-0.39, 0.29) is 6.04 Å². The number of thiophene rings is 1. The molecule has 0 fully saturated rings. The second-order valence-corrected chi connectivity index (χ2v) is 5.14. The number of aliphatic carboxylic acids is 1. The van der Waals surface area contributed by atoms with E-state index in [1.165, 1.54) is 11.3 Å². The summed E-state index contributed by atoms with van der Waals surface area (Å²) < 4.78 is 0. The first-order valence-electron chi connectivity index (χ1n) is 5.90. The van der Waals surface area contributed by atoms with Gasteiger partial charge in [-0.2, -0.15) is 5.10 Å². The minimum Gasteiger partial charge on any atom is -0.479 e. The third-order valence-corrected chi connectivity index (χ3v) is 3.65. The number of carbonyl (C=O) groups excluding carboxylic acids is 1. The molecule has 2 aromatic heterocycles. The first kappa shape index (κ1) is 14.1. The number of aromatic amines is 1. The highest BCUT2D eigenvalue weighted by Gasteiger charge is 2.23. The Labute approximate surface area is 119 Å². The fourth-order valence-corrected chi connectivity index (χ4v) is 2.43. The Hall–Kier alpha value is -2.35. The normalized spacial score (nSPS) is 13.4. The molecule has 0 aliphatic heterocycles. The van der Waals surface area contributed by atoms with E-state index in [9.17, 15) is 9.59 Å². The number of aromatic nitrogens is 2. The van der Waals surface area contributed by atoms with Gasteiger partial charge >= 0.3 is 12.0 Å². The molecule has 0 aromatic carbocycles. The molecule has 2 atom stereocenters. The van der Waals surface area contributed by atoms with Gasteiger partial charge in [0, 0.05) is 16.6 Å². The van der Waals surface area contributed by atoms with Crippen molar-refractivity contribution in [3.05, 3.63) is 40.3 Å². The van der Waals surface area contributed by atoms with Crippen molar-refractivity contribution in [2.75, 3.05) is 0 Å². The molecule has 0 saturated carbocycles. The van der Waals surface area contributed by atoms with Crippen LogP contribution in [0.15, 0.2) is 29.9 Å². The molecular formula is C12H14N4O3S. The van der Waals surface area contributed by atoms with Gasteiger partial charge in [-0.15, -0.1) is 11.3 Å². The average molecular weight is 294 g/mol. The SMILES string of the molecule is CC(NC(=O)NC(C(=O)O)c1cccs1)c1cn[nH]c1. The van der Waals surface area contributed by atoms with Gasteiger partial charge in [0.25, 0.3) is 0 Å². The van der Waals surface area contributed by atoms with Crippen LogP contribution < -0.4 is 10.6 Å². The van der Waals surface area contributed by atoms with Crippen LogP contribution in [0.1, 0.15) is 29.4 Å². The molecule has 2 heterocycles. The largest absolute Gasteiger partial charge is 0.479 e. The van der Waals surface area contributed by atoms with Crippen molar-refractivity contribution in [3.63, 3.8) is 0 Å². The van der Waals surface area contributed by atoms with Crippen LogP contribution in [-0.4, -0.2) is 27.3 Å². The van der Waals surface area contributed by atoms with E-state index < -0.39 is 18.0 Å². The Morgan fingerprint density at radius 2 is 2.25 bits per heavy atom. The summed E-state index contributed by atoms with van der Waals surface area (Å²) in [5, 5.41) is 22.5. The Balaban J connectivity index is 1.97. The molecule has 106 valence electrons. The van der Waals surface area contributed by atoms with Gasteiger partial charge in [0.1, 0.15) is 0 Å². The molecule has 4 N–H and O–H groups in total. The zero-order valence-corrected chi connectivity index (χ0v) is 11.5. The number of carboxylic acid groups (broad SMARTS) is 1. The lowest BCUT2D eigenvalue weighted by molar-refractivity contribution is -0.139. The van der Waals surface area contributed by atoms with Crippen molar-refractivity contribution in [1.82, 2.24) is 20.8 Å². The van der Waals surface area contributed by atoms with E-state index in [1.807, 2.05) is 0 Å². The predicted molar refractivity (Wildman–Crippen MR) is 73.4 cm³/mol. The number of urea groups is 1. The van der Waals surface area contributed by atoms with Gasteiger partial charge in [0.05, 0.1) is 12.2 Å². The molecule has 7 nitrogen and oxygen atoms in total. The minimum atomic E-state index is -1.10. The van der Waals surface area contributed by atoms with Crippen LogP contribution in [0.5, 0.6) is 0 Å². The topological polar surface area (TPSA) is 107 Å². The fourth-order valence-electron chi connectivity index (χ4n) is 1.66. The van der Waals surface area contributed by atoms with Gasteiger partial charge in [0.2, 0.25) is 0 Å². The number of nitrogens with zero attached hydrogens (tertiary/aromatic N) is 1. The zero-order chi connectivity index (χ0) is 14.5. The number of H-pyrrole nitrogens is 1. The standard InChI is InChI=1S/C12H14N4O3S/c1-7(8-5-13-14-6-8)15-12(19)16-10(11(17)18)9-3-2-4-20-9/h2-7,10H,1H3,(H,13,14)(H,17,18)(H2,15,16,19). The van der Waals surface area contributed by atoms with E-state index in [4.69, 9.17) is 5.11 Å². The van der Waals surface area contributed by atoms with Crippen molar-refractivity contribution < 1.29 is 14.7 Å². The van der Waals surface area contributed by atoms with Crippen LogP contribution in [0.2, 0.25) is 0 Å². The number of carboxylic acids is 1. The molecule has 2 unspecified atom stereocenters. The molecule has 0 aliphatic rings. The number of amides is 2. The van der Waals surface area contributed by atoms with Crippen molar-refractivity contribution in [3.8, 4) is 0 Å². The van der Waals surface area contributed by atoms with Gasteiger partial charge in [0.15, 0.2) is 6.04 Å². The number of nitrogens with one attached hydrogen (secondary N) is 3. The van der Waals surface area contributed by atoms with Crippen LogP contribution in [-0.2, 0) is 4.79 Å². The molecule has 2 amide bonds. The predicted octanol–water partition coefficient (Wildman–Crippen LogP) is 1.66. The minimum absolute atomic E-state index is 0.272. The summed E-state index contributed by atoms with van der Waals surface area (Å²) >= 11 is 1.28. The second kappa shape index (κ2) is 6.20. The van der Waals surface area contributed by atoms with Crippen LogP contribution >= 0.6 is 11.3 Å². The van der Waals surface area contributed by atoms with E-state index in [2.05, 4.69) is 20.8 Å². The monoisotopic (exact) mass is 294 g/mol. The summed E-state index contributed by atoms with van der Waals surface area (Å²) in [4.78, 5) is 23.6. The summed E-state index contributed by atoms with van der Waals surface area (Å²) in [6.45, 7) is 1.78. The van der Waals surface area contributed by atoms with Crippen molar-refractivity contribution in [2.24, 2.45) is 0 Å². The lowest BCUT2D eigenvalue weighted by Gasteiger charge is -2.16. The Bertz CT molecular complexity index is 568. The van der Waals surface area contributed by atoms with Crippen molar-refractivity contribution in [2.45, 2.75) is 19.0 Å². The zero-order valence-electron chi connectivity index (χ0n) is 10.7. The number of hydrogen-bond acceptors (Lipinski definition) is 4. The molecule has 8 heteroatoms. The quantitative estimate of drug-likeness (QED) is 0.672. The lowest BCUT2D eigenvalue weighted by atomic mass is 10.2. The summed E-state index contributed by atoms with van der Waals surface area (Å²) in [7, 11) is 0. The first-order valence-corrected chi connectivity index (χ1v) is 6.78. The Kier molecular flexibility index (Phi) is 4.36. The average Bonchev–Trinajstić information content (AvgIpc) is 3.08. The van der Waals surface area contributed by atoms with E-state index in [1.54, 1.807) is 36.8 Å². The summed E-state index contributed by atoms with van der Waals surface area (Å²) in [5.41, 5.74) is 0.808. The molecule has 0 spiro atoms. The van der Waals surface area contributed by atoms with Crippen LogP contribution in [0.3, 0.4) is 0 Å². The van der Waals surface area contributed by atoms with Gasteiger partial charge in [-0.1, -0.05) is 6.07 Å². The highest BCUT2D eigenvalue weighted by molar-refractivity contribution is 7.10. The summed E-state index contributed by atoms with van der Waals surface area (Å²) in [6, 6.07) is 1.55. The maximum atomic E-state index is 11.8. The fraction of sp³-hybridized carbons (Fsp3) is 0.250. The molecule has 0 aliphatic carbocycles. The summed E-state index contributed by atoms with van der Waals surface area (Å²) in [5.74, 6) is -1.10. The number of carbonyl (C=O) groups is 2. The highest BCUT2D eigenvalue weighted by atomic mass is 32.1. The van der Waals surface area contributed by atoms with E-state index >= 15 is 0 Å². The maximum absolute atomic E-state index is 11.8. The highest BCUT2D eigenvalue weighted by Crippen LogP contribution is 2.19. The molecule has 2 aromatic rings. The van der Waals surface area contributed by atoms with Crippen molar-refractivity contribution >= 4 is 23.3 Å². The third kappa shape index (κ3) is 3.35. The second-order valence-electron chi connectivity index (χ2n) is 4.16. The molecule has 0 saturated heterocycles. The lowest BCUT2D eigenvalue weighted by Crippen LogP contribution is -2.41. The maximum Gasteiger partial charge on any atom is 0.331 e. The molecule has 2 rings (SSSR count).